The van der Waals surface area contributed by atoms with Crippen molar-refractivity contribution in [2.75, 3.05) is 0 Å². The number of para-hydroxylation sites is 2. The second-order valence-corrected chi connectivity index (χ2v) is 16.0. The molecule has 12 aromatic rings. The van der Waals surface area contributed by atoms with Crippen LogP contribution in [-0.4, -0.2) is 19.5 Å². The van der Waals surface area contributed by atoms with Crippen LogP contribution in [0.3, 0.4) is 0 Å². The van der Waals surface area contributed by atoms with Crippen LogP contribution in [0.15, 0.2) is 231 Å². The van der Waals surface area contributed by atoms with Crippen LogP contribution in [0.5, 0.6) is 0 Å². The Hall–Kier alpha value is -8.47. The first-order valence-electron chi connectivity index (χ1n) is 21.4. The molecule has 0 aliphatic rings. The smallest absolute Gasteiger partial charge is 0.160 e. The van der Waals surface area contributed by atoms with E-state index >= 15 is 0 Å². The maximum atomic E-state index is 5.25. The Labute approximate surface area is 365 Å². The van der Waals surface area contributed by atoms with Crippen LogP contribution in [0.2, 0.25) is 0 Å². The molecule has 4 heteroatoms. The van der Waals surface area contributed by atoms with Crippen molar-refractivity contribution in [1.82, 2.24) is 19.5 Å². The molecule has 0 saturated carbocycles. The lowest BCUT2D eigenvalue weighted by molar-refractivity contribution is 1.18. The van der Waals surface area contributed by atoms with Gasteiger partial charge in [0.25, 0.3) is 0 Å². The Balaban J connectivity index is 0.971. The van der Waals surface area contributed by atoms with Crippen LogP contribution >= 0.6 is 0 Å². The number of nitrogens with zero attached hydrogens (tertiary/aromatic N) is 4. The van der Waals surface area contributed by atoms with Crippen LogP contribution in [0.4, 0.5) is 0 Å². The first-order chi connectivity index (χ1) is 31.2. The summed E-state index contributed by atoms with van der Waals surface area (Å²) in [5.41, 5.74) is 16.0. The number of hydrogen-bond donors (Lipinski definition) is 0. The molecule has 0 saturated heterocycles. The number of fused-ring (bicyclic) bond motifs is 7. The quantitative estimate of drug-likeness (QED) is 0.151. The highest BCUT2D eigenvalue weighted by Gasteiger charge is 2.20. The summed E-state index contributed by atoms with van der Waals surface area (Å²) in [4.78, 5) is 15.3. The number of pyridine rings is 1. The van der Waals surface area contributed by atoms with Crippen LogP contribution in [0, 0.1) is 0 Å². The van der Waals surface area contributed by atoms with E-state index in [4.69, 9.17) is 15.0 Å². The summed E-state index contributed by atoms with van der Waals surface area (Å²) < 4.78 is 2.42. The predicted molar refractivity (Wildman–Crippen MR) is 262 cm³/mol. The molecule has 12 rings (SSSR count). The summed E-state index contributed by atoms with van der Waals surface area (Å²) in [6, 6.07) is 81.5. The van der Waals surface area contributed by atoms with Gasteiger partial charge in [0.2, 0.25) is 0 Å². The average molecular weight is 803 g/mol. The van der Waals surface area contributed by atoms with Gasteiger partial charge in [-0.15, -0.1) is 0 Å². The van der Waals surface area contributed by atoms with Crippen LogP contribution in [0.1, 0.15) is 0 Å². The second-order valence-electron chi connectivity index (χ2n) is 16.0. The Morgan fingerprint density at radius 3 is 1.54 bits per heavy atom. The van der Waals surface area contributed by atoms with Crippen molar-refractivity contribution in [2.24, 2.45) is 0 Å². The minimum Gasteiger partial charge on any atom is -0.309 e. The lowest BCUT2D eigenvalue weighted by atomic mass is 9.95. The van der Waals surface area contributed by atoms with E-state index in [0.717, 1.165) is 89.1 Å². The van der Waals surface area contributed by atoms with Crippen molar-refractivity contribution in [1.29, 1.82) is 0 Å². The molecular weight excluding hydrogens is 765 g/mol. The van der Waals surface area contributed by atoms with Gasteiger partial charge in [-0.1, -0.05) is 188 Å². The first-order valence-corrected chi connectivity index (χ1v) is 21.4. The van der Waals surface area contributed by atoms with Gasteiger partial charge in [0.15, 0.2) is 5.82 Å². The zero-order valence-electron chi connectivity index (χ0n) is 34.2. The van der Waals surface area contributed by atoms with Crippen molar-refractivity contribution >= 4 is 43.5 Å². The lowest BCUT2D eigenvalue weighted by Crippen LogP contribution is -1.96. The molecule has 0 spiro atoms. The molecule has 3 heterocycles. The maximum Gasteiger partial charge on any atom is 0.160 e. The fourth-order valence-corrected chi connectivity index (χ4v) is 9.18. The van der Waals surface area contributed by atoms with Gasteiger partial charge in [0.05, 0.1) is 33.6 Å². The minimum atomic E-state index is 0.709. The van der Waals surface area contributed by atoms with Crippen molar-refractivity contribution in [3.8, 4) is 73.1 Å². The third kappa shape index (κ3) is 6.44. The van der Waals surface area contributed by atoms with E-state index in [0.29, 0.717) is 5.82 Å². The average Bonchev–Trinajstić information content (AvgIpc) is 3.71. The molecule has 0 bridgehead atoms. The molecule has 0 fully saturated rings. The third-order valence-corrected chi connectivity index (χ3v) is 12.2. The van der Waals surface area contributed by atoms with Crippen molar-refractivity contribution < 1.29 is 0 Å². The summed E-state index contributed by atoms with van der Waals surface area (Å²) in [5.74, 6) is 0.709. The number of hydrogen-bond acceptors (Lipinski definition) is 3. The normalized spacial score (nSPS) is 11.5. The molecule has 0 unspecified atom stereocenters. The highest BCUT2D eigenvalue weighted by atomic mass is 15.0. The molecule has 0 radical (unpaired) electrons. The van der Waals surface area contributed by atoms with Gasteiger partial charge in [-0.25, -0.2) is 15.0 Å². The molecule has 0 aliphatic heterocycles. The Morgan fingerprint density at radius 1 is 0.286 bits per heavy atom. The van der Waals surface area contributed by atoms with Gasteiger partial charge in [-0.3, -0.25) is 0 Å². The van der Waals surface area contributed by atoms with Gasteiger partial charge < -0.3 is 4.57 Å². The monoisotopic (exact) mass is 802 g/mol. The topological polar surface area (TPSA) is 43.6 Å². The Bertz CT molecular complexity index is 3580. The summed E-state index contributed by atoms with van der Waals surface area (Å²) >= 11 is 0. The van der Waals surface area contributed by atoms with Gasteiger partial charge in [-0.05, 0) is 64.7 Å². The van der Waals surface area contributed by atoms with E-state index in [2.05, 4.69) is 199 Å². The van der Waals surface area contributed by atoms with Gasteiger partial charge in [-0.2, -0.15) is 0 Å². The summed E-state index contributed by atoms with van der Waals surface area (Å²) in [7, 11) is 0. The van der Waals surface area contributed by atoms with Crippen molar-refractivity contribution in [3.05, 3.63) is 231 Å². The molecule has 0 atom stereocenters. The van der Waals surface area contributed by atoms with Crippen molar-refractivity contribution in [2.45, 2.75) is 0 Å². The summed E-state index contributed by atoms with van der Waals surface area (Å²) in [6.45, 7) is 0. The minimum absolute atomic E-state index is 0.709. The molecular formula is C59H38N4. The zero-order chi connectivity index (χ0) is 41.7. The molecule has 0 aliphatic carbocycles. The molecule has 294 valence electrons. The van der Waals surface area contributed by atoms with E-state index in [1.807, 2.05) is 36.4 Å². The first kappa shape index (κ1) is 36.4. The fourth-order valence-electron chi connectivity index (χ4n) is 9.18. The zero-order valence-corrected chi connectivity index (χ0v) is 34.2. The molecule has 3 aromatic heterocycles. The number of benzene rings is 9. The molecule has 4 nitrogen and oxygen atoms in total. The fraction of sp³-hybridized carbons (Fsp3) is 0. The van der Waals surface area contributed by atoms with Crippen LogP contribution < -0.4 is 0 Å². The predicted octanol–water partition coefficient (Wildman–Crippen LogP) is 15.3. The Kier molecular flexibility index (Phi) is 8.79. The van der Waals surface area contributed by atoms with Gasteiger partial charge >= 0.3 is 0 Å². The van der Waals surface area contributed by atoms with Gasteiger partial charge in [0, 0.05) is 54.9 Å². The highest BCUT2D eigenvalue weighted by molar-refractivity contribution is 6.29. The lowest BCUT2D eigenvalue weighted by Gasteiger charge is -2.12. The maximum absolute atomic E-state index is 5.25. The number of aromatic nitrogens is 4. The summed E-state index contributed by atoms with van der Waals surface area (Å²) in [5, 5.41) is 5.98. The third-order valence-electron chi connectivity index (χ3n) is 12.2. The molecule has 0 amide bonds. The van der Waals surface area contributed by atoms with E-state index in [-0.39, 0.29) is 0 Å². The van der Waals surface area contributed by atoms with E-state index in [1.165, 1.54) is 21.7 Å². The molecule has 9 aromatic carbocycles. The SMILES string of the molecule is c1ccc(-c2cc(-c3cccc(-c4ccc(-c5ccc6c7c8c(ccc7n(-c7ccccc7)c6c5)c(-c5ccccc5)nc5ccccc58)cc4)c3)nc(-c3ccccc3)n2)cc1. The highest BCUT2D eigenvalue weighted by Crippen LogP contribution is 2.43. The number of rotatable bonds is 7. The summed E-state index contributed by atoms with van der Waals surface area (Å²) in [6.07, 6.45) is 0. The second kappa shape index (κ2) is 15.2. The Morgan fingerprint density at radius 2 is 0.825 bits per heavy atom. The van der Waals surface area contributed by atoms with E-state index in [9.17, 15) is 0 Å². The van der Waals surface area contributed by atoms with Crippen LogP contribution in [0.25, 0.3) is 117 Å². The molecule has 0 N–H and O–H groups in total. The largest absolute Gasteiger partial charge is 0.309 e. The van der Waals surface area contributed by atoms with Gasteiger partial charge in [0.1, 0.15) is 0 Å². The standard InChI is InChI=1S/C59H38N4/c1-5-16-41(17-6-1)52-38-53(62-59(61-52)43-20-9-3-10-21-43)46-23-15-22-44(36-46)39-28-30-40(31-29-39)45-32-33-49-55(37-45)63(47-24-11-4-12-25-47)54-35-34-50-56(57(49)54)48-26-13-14-27-51(48)60-58(50)42-18-7-2-8-19-42/h1-38H. The van der Waals surface area contributed by atoms with E-state index in [1.54, 1.807) is 0 Å². The van der Waals surface area contributed by atoms with E-state index < -0.39 is 0 Å². The molecule has 63 heavy (non-hydrogen) atoms. The van der Waals surface area contributed by atoms with Crippen molar-refractivity contribution in [3.63, 3.8) is 0 Å². The van der Waals surface area contributed by atoms with Crippen LogP contribution in [-0.2, 0) is 0 Å².